The van der Waals surface area contributed by atoms with Crippen molar-refractivity contribution in [3.8, 4) is 5.75 Å². The Morgan fingerprint density at radius 3 is 2.02 bits per heavy atom. The predicted octanol–water partition coefficient (Wildman–Crippen LogP) is 5.99. The van der Waals surface area contributed by atoms with Gasteiger partial charge in [0.1, 0.15) is 5.75 Å². The van der Waals surface area contributed by atoms with Crippen molar-refractivity contribution in [3.05, 3.63) is 76.9 Å². The number of imide groups is 1. The number of carbonyl (C=O) groups is 3. The lowest BCUT2D eigenvalue weighted by atomic mass is 9.49. The standard InChI is InChI=1S/C40H51N5O4/c1-37-15-5-17-39(3,32(37)13-9-24-7-11-26(19-29(24)37)44-34(47)31(41)20-27-22-42-23-43-27)35(48)45-36(49)40(4)18-6-16-38(2)30-21-28(46)12-8-25(30)10-14-33(38)40/h7-8,11-12,19,21-23,31-33,46H,5-6,9-10,13-18,20,41H2,1-4H3,(H,42,43)(H,44,47)(H,45,48,49)/t31?,32-,33-,37-,38-,39+,40+/m1/s1. The Morgan fingerprint density at radius 2 is 1.45 bits per heavy atom. The molecule has 3 aromatic rings. The molecule has 3 amide bonds. The van der Waals surface area contributed by atoms with Crippen LogP contribution in [0.1, 0.15) is 107 Å². The first-order valence-electron chi connectivity index (χ1n) is 18.1. The van der Waals surface area contributed by atoms with E-state index in [1.807, 2.05) is 18.2 Å². The molecule has 260 valence electrons. The first-order chi connectivity index (χ1) is 23.3. The van der Waals surface area contributed by atoms with Gasteiger partial charge in [0.25, 0.3) is 0 Å². The van der Waals surface area contributed by atoms with Gasteiger partial charge in [-0.3, -0.25) is 19.7 Å². The average Bonchev–Trinajstić information content (AvgIpc) is 3.58. The third kappa shape index (κ3) is 5.49. The zero-order valence-corrected chi connectivity index (χ0v) is 29.3. The Hall–Kier alpha value is -3.98. The van der Waals surface area contributed by atoms with Crippen LogP contribution < -0.4 is 16.4 Å². The molecule has 7 rings (SSSR count). The summed E-state index contributed by atoms with van der Waals surface area (Å²) in [6.07, 6.45) is 12.2. The SMILES string of the molecule is C[C@]1(C(=O)NC(=O)[C@@]2(C)CCC[C@]3(C)c4cc(NC(=O)C(N)Cc5cnc[nH]5)ccc4CC[C@@H]23)CCC[C@]2(C)c3cc(O)ccc3CC[C@@H]12. The smallest absolute Gasteiger partial charge is 0.241 e. The fourth-order valence-electron chi connectivity index (χ4n) is 10.9. The number of nitrogens with zero attached hydrogens (tertiary/aromatic N) is 1. The summed E-state index contributed by atoms with van der Waals surface area (Å²) < 4.78 is 0. The lowest BCUT2D eigenvalue weighted by Crippen LogP contribution is -2.60. The molecule has 4 aliphatic rings. The number of nitrogens with two attached hydrogens (primary N) is 1. The number of aromatic hydroxyl groups is 1. The second-order valence-electron chi connectivity index (χ2n) is 16.4. The second kappa shape index (κ2) is 12.1. The van der Waals surface area contributed by atoms with Gasteiger partial charge in [-0.1, -0.05) is 52.7 Å². The third-order valence-corrected chi connectivity index (χ3v) is 13.6. The van der Waals surface area contributed by atoms with Crippen molar-refractivity contribution >= 4 is 23.4 Å². The molecule has 49 heavy (non-hydrogen) atoms. The molecular weight excluding hydrogens is 614 g/mol. The number of benzene rings is 2. The number of carbonyl (C=O) groups excluding carboxylic acids is 3. The van der Waals surface area contributed by atoms with Gasteiger partial charge in [0.05, 0.1) is 23.2 Å². The molecule has 1 unspecified atom stereocenters. The van der Waals surface area contributed by atoms with Crippen molar-refractivity contribution in [1.29, 1.82) is 0 Å². The number of H-pyrrole nitrogens is 1. The molecule has 0 aliphatic heterocycles. The van der Waals surface area contributed by atoms with Gasteiger partial charge in [0, 0.05) is 24.0 Å². The minimum Gasteiger partial charge on any atom is -0.508 e. The first-order valence-corrected chi connectivity index (χ1v) is 18.1. The van der Waals surface area contributed by atoms with E-state index in [1.165, 1.54) is 16.7 Å². The molecule has 0 saturated heterocycles. The zero-order chi connectivity index (χ0) is 34.8. The van der Waals surface area contributed by atoms with Crippen LogP contribution in [0, 0.1) is 22.7 Å². The Kier molecular flexibility index (Phi) is 8.28. The number of anilines is 1. The third-order valence-electron chi connectivity index (χ3n) is 13.6. The van der Waals surface area contributed by atoms with Crippen molar-refractivity contribution in [2.75, 3.05) is 5.32 Å². The fourth-order valence-corrected chi connectivity index (χ4v) is 10.9. The topological polar surface area (TPSA) is 150 Å². The van der Waals surface area contributed by atoms with Crippen LogP contribution in [0.5, 0.6) is 5.75 Å². The summed E-state index contributed by atoms with van der Waals surface area (Å²) in [6, 6.07) is 11.1. The van der Waals surface area contributed by atoms with Gasteiger partial charge in [0.15, 0.2) is 0 Å². The highest BCUT2D eigenvalue weighted by Crippen LogP contribution is 2.59. The number of hydrogen-bond donors (Lipinski definition) is 5. The number of aromatic nitrogens is 2. The number of phenols is 1. The van der Waals surface area contributed by atoms with E-state index in [9.17, 15) is 19.5 Å². The normalized spacial score (nSPS) is 32.4. The average molecular weight is 666 g/mol. The summed E-state index contributed by atoms with van der Waals surface area (Å²) >= 11 is 0. The summed E-state index contributed by atoms with van der Waals surface area (Å²) in [5.41, 5.74) is 10.6. The molecular formula is C40H51N5O4. The Balaban J connectivity index is 1.10. The highest BCUT2D eigenvalue weighted by atomic mass is 16.3. The van der Waals surface area contributed by atoms with Crippen LogP contribution in [0.4, 0.5) is 5.69 Å². The lowest BCUT2D eigenvalue weighted by molar-refractivity contribution is -0.150. The highest BCUT2D eigenvalue weighted by molar-refractivity contribution is 6.01. The highest BCUT2D eigenvalue weighted by Gasteiger charge is 2.58. The molecule has 6 N–H and O–H groups in total. The van der Waals surface area contributed by atoms with Gasteiger partial charge >= 0.3 is 0 Å². The Labute approximate surface area is 289 Å². The number of amides is 3. The van der Waals surface area contributed by atoms with E-state index in [0.717, 1.165) is 75.5 Å². The maximum atomic E-state index is 14.5. The number of phenolic OH excluding ortho intramolecular Hbond substituents is 1. The fraction of sp³-hybridized carbons (Fsp3) is 0.550. The first kappa shape index (κ1) is 33.5. The largest absolute Gasteiger partial charge is 0.508 e. The van der Waals surface area contributed by atoms with Crippen LogP contribution in [0.25, 0.3) is 0 Å². The summed E-state index contributed by atoms with van der Waals surface area (Å²) in [5.74, 6) is -0.200. The van der Waals surface area contributed by atoms with E-state index in [-0.39, 0.29) is 46.1 Å². The van der Waals surface area contributed by atoms with E-state index in [0.29, 0.717) is 12.1 Å². The van der Waals surface area contributed by atoms with Crippen molar-refractivity contribution in [3.63, 3.8) is 0 Å². The number of nitrogens with one attached hydrogen (secondary N) is 3. The minimum atomic E-state index is -0.724. The van der Waals surface area contributed by atoms with Crippen LogP contribution in [0.3, 0.4) is 0 Å². The maximum absolute atomic E-state index is 14.5. The number of hydrogen-bond acceptors (Lipinski definition) is 6. The summed E-state index contributed by atoms with van der Waals surface area (Å²) in [7, 11) is 0. The van der Waals surface area contributed by atoms with Crippen molar-refractivity contribution in [2.24, 2.45) is 28.4 Å². The van der Waals surface area contributed by atoms with Crippen molar-refractivity contribution in [2.45, 2.75) is 115 Å². The summed E-state index contributed by atoms with van der Waals surface area (Å²) in [5, 5.41) is 16.4. The number of aryl methyl sites for hydroxylation is 2. The Morgan fingerprint density at radius 1 is 0.878 bits per heavy atom. The van der Waals surface area contributed by atoms with Gasteiger partial charge in [-0.15, -0.1) is 0 Å². The van der Waals surface area contributed by atoms with Crippen LogP contribution in [-0.2, 0) is 44.5 Å². The van der Waals surface area contributed by atoms with Crippen molar-refractivity contribution in [1.82, 2.24) is 15.3 Å². The molecule has 9 heteroatoms. The minimum absolute atomic E-state index is 0.0385. The number of imidazole rings is 1. The van der Waals surface area contributed by atoms with Gasteiger partial charge in [-0.2, -0.15) is 0 Å². The summed E-state index contributed by atoms with van der Waals surface area (Å²) in [6.45, 7) is 8.64. The number of fused-ring (bicyclic) bond motifs is 6. The second-order valence-corrected chi connectivity index (χ2v) is 16.4. The lowest BCUT2D eigenvalue weighted by Gasteiger charge is -2.56. The van der Waals surface area contributed by atoms with Crippen LogP contribution in [0.2, 0.25) is 0 Å². The van der Waals surface area contributed by atoms with E-state index in [4.69, 9.17) is 5.73 Å². The Bertz CT molecular complexity index is 1790. The van der Waals surface area contributed by atoms with Gasteiger partial charge in [-0.05, 0) is 121 Å². The van der Waals surface area contributed by atoms with Crippen LogP contribution in [-0.4, -0.2) is 38.8 Å². The van der Waals surface area contributed by atoms with E-state index >= 15 is 0 Å². The predicted molar refractivity (Wildman–Crippen MR) is 189 cm³/mol. The molecule has 1 heterocycles. The van der Waals surface area contributed by atoms with Gasteiger partial charge in [0.2, 0.25) is 17.7 Å². The molecule has 2 fully saturated rings. The zero-order valence-electron chi connectivity index (χ0n) is 29.3. The molecule has 0 radical (unpaired) electrons. The maximum Gasteiger partial charge on any atom is 0.241 e. The molecule has 4 aliphatic carbocycles. The monoisotopic (exact) mass is 665 g/mol. The number of rotatable bonds is 6. The van der Waals surface area contributed by atoms with Gasteiger partial charge in [-0.25, -0.2) is 4.98 Å². The van der Waals surface area contributed by atoms with Crippen molar-refractivity contribution < 1.29 is 19.5 Å². The summed E-state index contributed by atoms with van der Waals surface area (Å²) in [4.78, 5) is 48.9. The molecule has 1 aromatic heterocycles. The number of aromatic amines is 1. The molecule has 0 spiro atoms. The van der Waals surface area contributed by atoms with Crippen LogP contribution in [0.15, 0.2) is 48.9 Å². The molecule has 2 saturated carbocycles. The molecule has 7 atom stereocenters. The van der Waals surface area contributed by atoms with E-state index < -0.39 is 16.9 Å². The van der Waals surface area contributed by atoms with Gasteiger partial charge < -0.3 is 21.1 Å². The quantitative estimate of drug-likeness (QED) is 0.204. The molecule has 9 nitrogen and oxygen atoms in total. The van der Waals surface area contributed by atoms with E-state index in [2.05, 4.69) is 60.4 Å². The van der Waals surface area contributed by atoms with Crippen LogP contribution >= 0.6 is 0 Å². The molecule has 0 bridgehead atoms. The van der Waals surface area contributed by atoms with E-state index in [1.54, 1.807) is 18.6 Å². The molecule has 2 aromatic carbocycles.